The number of ether oxygens (including phenoxy) is 1. The van der Waals surface area contributed by atoms with Crippen molar-refractivity contribution in [2.24, 2.45) is 4.99 Å². The van der Waals surface area contributed by atoms with Gasteiger partial charge in [-0.15, -0.1) is 0 Å². The fourth-order valence-corrected chi connectivity index (χ4v) is 6.80. The van der Waals surface area contributed by atoms with Gasteiger partial charge in [0.1, 0.15) is 23.3 Å². The number of nitrogens with zero attached hydrogens (tertiary/aromatic N) is 4. The Kier molecular flexibility index (Phi) is 7.94. The molecule has 1 atom stereocenters. The van der Waals surface area contributed by atoms with E-state index in [1.165, 1.54) is 23.5 Å². The van der Waals surface area contributed by atoms with E-state index in [0.29, 0.717) is 62.1 Å². The molecule has 0 N–H and O–H groups in total. The minimum absolute atomic E-state index is 0.0481. The predicted molar refractivity (Wildman–Crippen MR) is 173 cm³/mol. The second-order valence-corrected chi connectivity index (χ2v) is 11.5. The number of rotatable bonds is 8. The monoisotopic (exact) mass is 622 g/mol. The molecule has 10 nitrogen and oxygen atoms in total. The van der Waals surface area contributed by atoms with Crippen molar-refractivity contribution in [3.8, 4) is 17.1 Å². The number of nitro groups is 1. The van der Waals surface area contributed by atoms with E-state index in [0.717, 1.165) is 10.8 Å². The molecule has 1 amide bonds. The Labute approximate surface area is 262 Å². The van der Waals surface area contributed by atoms with Gasteiger partial charge < -0.3 is 14.1 Å². The molecule has 1 aliphatic heterocycles. The molecule has 0 fully saturated rings. The van der Waals surface area contributed by atoms with Gasteiger partial charge in [0.2, 0.25) is 0 Å². The van der Waals surface area contributed by atoms with E-state index in [2.05, 4.69) is 0 Å². The molecule has 0 aliphatic carbocycles. The summed E-state index contributed by atoms with van der Waals surface area (Å²) < 4.78 is 13.8. The van der Waals surface area contributed by atoms with E-state index in [9.17, 15) is 19.7 Å². The van der Waals surface area contributed by atoms with Crippen LogP contribution in [0.4, 0.5) is 5.69 Å². The van der Waals surface area contributed by atoms with Crippen LogP contribution in [0.3, 0.4) is 0 Å². The summed E-state index contributed by atoms with van der Waals surface area (Å²) in [5.74, 6) is 1.19. The van der Waals surface area contributed by atoms with Gasteiger partial charge in [-0.25, -0.2) is 4.99 Å². The van der Waals surface area contributed by atoms with Crippen molar-refractivity contribution in [1.82, 2.24) is 9.47 Å². The summed E-state index contributed by atoms with van der Waals surface area (Å²) in [5.41, 5.74) is 1.82. The standard InChI is InChI=1S/C34H30N4O6S/c1-5-36(6-2)33(40)29-20(3)35-34-37(31(29)30-25-13-8-7-10-21(25)14-16-27(30)43-4)32(39)28(45-34)19-24-15-17-26(44-24)22-11-9-12-23(18-22)38(41)42/h7-19,31H,5-6H2,1-4H3/b28-19+/t31-/m0/s1. The molecule has 5 aromatic rings. The molecular weight excluding hydrogens is 592 g/mol. The maximum absolute atomic E-state index is 14.3. The van der Waals surface area contributed by atoms with E-state index < -0.39 is 11.0 Å². The summed E-state index contributed by atoms with van der Waals surface area (Å²) in [7, 11) is 1.58. The molecule has 0 bridgehead atoms. The van der Waals surface area contributed by atoms with Gasteiger partial charge in [-0.1, -0.05) is 53.8 Å². The number of methoxy groups -OCH3 is 1. The van der Waals surface area contributed by atoms with Crippen LogP contribution in [-0.2, 0) is 4.79 Å². The van der Waals surface area contributed by atoms with Gasteiger partial charge >= 0.3 is 0 Å². The fraction of sp³-hybridized carbons (Fsp3) is 0.206. The van der Waals surface area contributed by atoms with E-state index in [1.54, 1.807) is 53.8 Å². The molecule has 3 aromatic carbocycles. The van der Waals surface area contributed by atoms with Gasteiger partial charge in [-0.05, 0) is 49.7 Å². The molecule has 0 spiro atoms. The smallest absolute Gasteiger partial charge is 0.271 e. The highest BCUT2D eigenvalue weighted by atomic mass is 32.1. The minimum atomic E-state index is -0.797. The van der Waals surface area contributed by atoms with Crippen LogP contribution in [0.2, 0.25) is 0 Å². The number of hydrogen-bond acceptors (Lipinski definition) is 8. The minimum Gasteiger partial charge on any atom is -0.496 e. The number of fused-ring (bicyclic) bond motifs is 2. The molecule has 0 saturated carbocycles. The van der Waals surface area contributed by atoms with Gasteiger partial charge in [0.15, 0.2) is 4.80 Å². The Morgan fingerprint density at radius 1 is 1.11 bits per heavy atom. The van der Waals surface area contributed by atoms with Crippen molar-refractivity contribution in [3.05, 3.63) is 125 Å². The second kappa shape index (κ2) is 12.0. The first-order chi connectivity index (χ1) is 21.7. The number of amides is 1. The zero-order valence-electron chi connectivity index (χ0n) is 25.1. The fourth-order valence-electron chi connectivity index (χ4n) is 5.77. The highest BCUT2D eigenvalue weighted by molar-refractivity contribution is 7.07. The number of non-ortho nitro benzene ring substituents is 1. The Bertz CT molecular complexity index is 2190. The number of likely N-dealkylation sites (N-methyl/N-ethyl adjacent to an activating group) is 1. The second-order valence-electron chi connectivity index (χ2n) is 10.5. The average molecular weight is 623 g/mol. The summed E-state index contributed by atoms with van der Waals surface area (Å²) in [6.07, 6.45) is 1.63. The SMILES string of the molecule is CCN(CC)C(=O)C1=C(C)N=c2s/c(=C/c3ccc(-c4cccc([N+](=O)[O-])c4)o3)c(=O)n2[C@@H]1c1c(OC)ccc2ccccc12. The molecule has 1 aliphatic rings. The predicted octanol–water partition coefficient (Wildman–Crippen LogP) is 5.43. The van der Waals surface area contributed by atoms with Gasteiger partial charge in [-0.3, -0.25) is 24.3 Å². The first-order valence-corrected chi connectivity index (χ1v) is 15.3. The lowest BCUT2D eigenvalue weighted by Gasteiger charge is -2.30. The lowest BCUT2D eigenvalue weighted by atomic mass is 9.90. The molecule has 6 rings (SSSR count). The van der Waals surface area contributed by atoms with E-state index in [-0.39, 0.29) is 17.2 Å². The zero-order chi connectivity index (χ0) is 31.8. The van der Waals surface area contributed by atoms with E-state index in [4.69, 9.17) is 14.1 Å². The molecular formula is C34H30N4O6S. The third-order valence-electron chi connectivity index (χ3n) is 7.97. The summed E-state index contributed by atoms with van der Waals surface area (Å²) in [4.78, 5) is 46.1. The van der Waals surface area contributed by atoms with Crippen LogP contribution in [0.1, 0.15) is 38.1 Å². The number of nitro benzene ring substituents is 1. The summed E-state index contributed by atoms with van der Waals surface area (Å²) in [5, 5.41) is 13.1. The lowest BCUT2D eigenvalue weighted by molar-refractivity contribution is -0.384. The van der Waals surface area contributed by atoms with Crippen LogP contribution in [0.15, 0.2) is 98.3 Å². The van der Waals surface area contributed by atoms with Gasteiger partial charge in [0.25, 0.3) is 17.2 Å². The number of furan rings is 1. The van der Waals surface area contributed by atoms with Crippen molar-refractivity contribution in [3.63, 3.8) is 0 Å². The molecule has 0 radical (unpaired) electrons. The molecule has 228 valence electrons. The Balaban J connectivity index is 1.56. The maximum atomic E-state index is 14.3. The number of carbonyl (C=O) groups is 1. The molecule has 11 heteroatoms. The molecule has 3 heterocycles. The molecule has 0 unspecified atom stereocenters. The third-order valence-corrected chi connectivity index (χ3v) is 8.95. The number of allylic oxidation sites excluding steroid dienone is 1. The highest BCUT2D eigenvalue weighted by Gasteiger charge is 2.36. The third kappa shape index (κ3) is 5.25. The topological polar surface area (TPSA) is 120 Å². The maximum Gasteiger partial charge on any atom is 0.271 e. The van der Waals surface area contributed by atoms with Crippen molar-refractivity contribution >= 4 is 39.8 Å². The zero-order valence-corrected chi connectivity index (χ0v) is 26.0. The normalized spacial score (nSPS) is 14.8. The van der Waals surface area contributed by atoms with E-state index >= 15 is 0 Å². The van der Waals surface area contributed by atoms with Crippen molar-refractivity contribution < 1.29 is 18.9 Å². The largest absolute Gasteiger partial charge is 0.496 e. The highest BCUT2D eigenvalue weighted by Crippen LogP contribution is 2.40. The quantitative estimate of drug-likeness (QED) is 0.168. The number of benzene rings is 3. The summed E-state index contributed by atoms with van der Waals surface area (Å²) >= 11 is 1.20. The summed E-state index contributed by atoms with van der Waals surface area (Å²) in [6.45, 7) is 6.65. The first-order valence-electron chi connectivity index (χ1n) is 14.5. The average Bonchev–Trinajstić information content (AvgIpc) is 3.64. The first kappa shape index (κ1) is 29.8. The molecule has 45 heavy (non-hydrogen) atoms. The Morgan fingerprint density at radius 2 is 1.89 bits per heavy atom. The van der Waals surface area contributed by atoms with Crippen LogP contribution in [0.25, 0.3) is 28.2 Å². The number of thiazole rings is 1. The van der Waals surface area contributed by atoms with Crippen LogP contribution in [0, 0.1) is 10.1 Å². The van der Waals surface area contributed by atoms with E-state index in [1.807, 2.05) is 50.2 Å². The lowest BCUT2D eigenvalue weighted by Crippen LogP contribution is -2.43. The van der Waals surface area contributed by atoms with Gasteiger partial charge in [0.05, 0.1) is 27.8 Å². The summed E-state index contributed by atoms with van der Waals surface area (Å²) in [6, 6.07) is 20.4. The van der Waals surface area contributed by atoms with Crippen LogP contribution in [-0.4, -0.2) is 40.5 Å². The van der Waals surface area contributed by atoms with Crippen LogP contribution >= 0.6 is 11.3 Å². The Morgan fingerprint density at radius 3 is 2.62 bits per heavy atom. The van der Waals surface area contributed by atoms with Crippen molar-refractivity contribution in [1.29, 1.82) is 0 Å². The number of aromatic nitrogens is 1. The van der Waals surface area contributed by atoms with Crippen LogP contribution in [0.5, 0.6) is 5.75 Å². The van der Waals surface area contributed by atoms with Crippen molar-refractivity contribution in [2.75, 3.05) is 20.2 Å². The van der Waals surface area contributed by atoms with Gasteiger partial charge in [-0.2, -0.15) is 0 Å². The van der Waals surface area contributed by atoms with Crippen LogP contribution < -0.4 is 19.6 Å². The van der Waals surface area contributed by atoms with Crippen molar-refractivity contribution in [2.45, 2.75) is 26.8 Å². The van der Waals surface area contributed by atoms with Gasteiger partial charge in [0, 0.05) is 42.4 Å². The molecule has 0 saturated heterocycles. The Hall–Kier alpha value is -5.29. The number of hydrogen-bond donors (Lipinski definition) is 0. The molecule has 2 aromatic heterocycles. The number of carbonyl (C=O) groups excluding carboxylic acids is 1.